The molecule has 1 amide bonds. The average molecular weight is 327 g/mol. The number of rotatable bonds is 6. The van der Waals surface area contributed by atoms with Crippen molar-refractivity contribution in [2.45, 2.75) is 34.2 Å². The Morgan fingerprint density at radius 2 is 1.96 bits per heavy atom. The molecule has 24 heavy (non-hydrogen) atoms. The lowest BCUT2D eigenvalue weighted by Gasteiger charge is -2.25. The van der Waals surface area contributed by atoms with E-state index in [1.165, 1.54) is 0 Å². The van der Waals surface area contributed by atoms with E-state index in [1.807, 2.05) is 36.1 Å². The molecule has 5 heteroatoms. The number of aryl methyl sites for hydroxylation is 2. The summed E-state index contributed by atoms with van der Waals surface area (Å²) in [6, 6.07) is 9.53. The molecule has 0 saturated carbocycles. The standard InChI is InChI=1S/C19H25N3O2/c1-13(2)11-22(12-16-7-6-8-17(10-16)24-5)19(23)18-9-14(3)20-15(4)21-18/h6-10,13H,11-12H2,1-5H3. The van der Waals surface area contributed by atoms with E-state index in [2.05, 4.69) is 23.8 Å². The molecule has 1 aromatic heterocycles. The molecule has 0 unspecified atom stereocenters. The molecule has 0 saturated heterocycles. The Morgan fingerprint density at radius 1 is 1.21 bits per heavy atom. The lowest BCUT2D eigenvalue weighted by molar-refractivity contribution is 0.0716. The number of aromatic nitrogens is 2. The Balaban J connectivity index is 2.28. The van der Waals surface area contributed by atoms with Crippen LogP contribution in [-0.4, -0.2) is 34.4 Å². The Labute approximate surface area is 143 Å². The lowest BCUT2D eigenvalue weighted by Crippen LogP contribution is -2.34. The van der Waals surface area contributed by atoms with Crippen LogP contribution in [0.2, 0.25) is 0 Å². The summed E-state index contributed by atoms with van der Waals surface area (Å²) < 4.78 is 5.27. The van der Waals surface area contributed by atoms with Crippen LogP contribution in [0.4, 0.5) is 0 Å². The van der Waals surface area contributed by atoms with Gasteiger partial charge in [-0.25, -0.2) is 9.97 Å². The highest BCUT2D eigenvalue weighted by Crippen LogP contribution is 2.17. The number of hydrogen-bond donors (Lipinski definition) is 0. The normalized spacial score (nSPS) is 10.8. The van der Waals surface area contributed by atoms with Crippen LogP contribution in [0, 0.1) is 19.8 Å². The van der Waals surface area contributed by atoms with E-state index in [-0.39, 0.29) is 5.91 Å². The molecule has 0 aliphatic rings. The fraction of sp³-hybridized carbons (Fsp3) is 0.421. The molecular formula is C19H25N3O2. The summed E-state index contributed by atoms with van der Waals surface area (Å²) in [4.78, 5) is 23.3. The van der Waals surface area contributed by atoms with Crippen LogP contribution in [-0.2, 0) is 6.54 Å². The number of methoxy groups -OCH3 is 1. The largest absolute Gasteiger partial charge is 0.497 e. The number of ether oxygens (including phenoxy) is 1. The number of carbonyl (C=O) groups excluding carboxylic acids is 1. The van der Waals surface area contributed by atoms with Gasteiger partial charge >= 0.3 is 0 Å². The van der Waals surface area contributed by atoms with Crippen molar-refractivity contribution >= 4 is 5.91 Å². The van der Waals surface area contributed by atoms with Gasteiger partial charge < -0.3 is 9.64 Å². The molecule has 0 bridgehead atoms. The summed E-state index contributed by atoms with van der Waals surface area (Å²) in [6.07, 6.45) is 0. The van der Waals surface area contributed by atoms with Crippen molar-refractivity contribution in [2.75, 3.05) is 13.7 Å². The minimum Gasteiger partial charge on any atom is -0.497 e. The first kappa shape index (κ1) is 17.9. The molecule has 0 aliphatic heterocycles. The van der Waals surface area contributed by atoms with E-state index in [4.69, 9.17) is 4.74 Å². The maximum Gasteiger partial charge on any atom is 0.272 e. The predicted octanol–water partition coefficient (Wildman–Crippen LogP) is 3.40. The second kappa shape index (κ2) is 7.90. The van der Waals surface area contributed by atoms with Gasteiger partial charge in [0.05, 0.1) is 7.11 Å². The zero-order valence-electron chi connectivity index (χ0n) is 15.0. The molecule has 128 valence electrons. The van der Waals surface area contributed by atoms with Crippen LogP contribution in [0.5, 0.6) is 5.75 Å². The van der Waals surface area contributed by atoms with Crippen molar-refractivity contribution in [1.82, 2.24) is 14.9 Å². The van der Waals surface area contributed by atoms with Gasteiger partial charge in [-0.2, -0.15) is 0 Å². The van der Waals surface area contributed by atoms with Crippen molar-refractivity contribution in [2.24, 2.45) is 5.92 Å². The van der Waals surface area contributed by atoms with Gasteiger partial charge in [-0.05, 0) is 43.5 Å². The highest BCUT2D eigenvalue weighted by atomic mass is 16.5. The lowest BCUT2D eigenvalue weighted by atomic mass is 10.1. The number of carbonyl (C=O) groups is 1. The van der Waals surface area contributed by atoms with E-state index in [9.17, 15) is 4.79 Å². The maximum absolute atomic E-state index is 12.9. The van der Waals surface area contributed by atoms with Gasteiger partial charge in [-0.3, -0.25) is 4.79 Å². The van der Waals surface area contributed by atoms with Gasteiger partial charge in [-0.15, -0.1) is 0 Å². The van der Waals surface area contributed by atoms with Crippen LogP contribution in [0.25, 0.3) is 0 Å². The quantitative estimate of drug-likeness (QED) is 0.816. The van der Waals surface area contributed by atoms with Gasteiger partial charge in [0.15, 0.2) is 0 Å². The molecule has 2 rings (SSSR count). The molecule has 5 nitrogen and oxygen atoms in total. The number of nitrogens with zero attached hydrogens (tertiary/aromatic N) is 3. The number of amides is 1. The second-order valence-electron chi connectivity index (χ2n) is 6.37. The zero-order chi connectivity index (χ0) is 17.7. The Bertz CT molecular complexity index is 693. The van der Waals surface area contributed by atoms with Crippen LogP contribution in [0.15, 0.2) is 30.3 Å². The molecule has 0 spiro atoms. The second-order valence-corrected chi connectivity index (χ2v) is 6.37. The van der Waals surface area contributed by atoms with Gasteiger partial charge in [0, 0.05) is 18.8 Å². The summed E-state index contributed by atoms with van der Waals surface area (Å²) >= 11 is 0. The third-order valence-corrected chi connectivity index (χ3v) is 3.57. The van der Waals surface area contributed by atoms with Crippen LogP contribution in [0.1, 0.15) is 41.4 Å². The number of benzene rings is 1. The minimum atomic E-state index is -0.0693. The summed E-state index contributed by atoms with van der Waals surface area (Å²) in [5.41, 5.74) is 2.28. The third-order valence-electron chi connectivity index (χ3n) is 3.57. The molecule has 0 radical (unpaired) electrons. The monoisotopic (exact) mass is 327 g/mol. The summed E-state index contributed by atoms with van der Waals surface area (Å²) in [7, 11) is 1.64. The molecule has 2 aromatic rings. The summed E-state index contributed by atoms with van der Waals surface area (Å²) in [6.45, 7) is 9.07. The molecule has 0 fully saturated rings. The van der Waals surface area contributed by atoms with Gasteiger partial charge in [-0.1, -0.05) is 26.0 Å². The highest BCUT2D eigenvalue weighted by molar-refractivity contribution is 5.92. The predicted molar refractivity (Wildman–Crippen MR) is 94.1 cm³/mol. The van der Waals surface area contributed by atoms with Crippen molar-refractivity contribution in [1.29, 1.82) is 0 Å². The Morgan fingerprint density at radius 3 is 2.58 bits per heavy atom. The zero-order valence-corrected chi connectivity index (χ0v) is 15.0. The fourth-order valence-electron chi connectivity index (χ4n) is 2.64. The van der Waals surface area contributed by atoms with Crippen molar-refractivity contribution < 1.29 is 9.53 Å². The smallest absolute Gasteiger partial charge is 0.272 e. The number of hydrogen-bond acceptors (Lipinski definition) is 4. The Kier molecular flexibility index (Phi) is 5.90. The van der Waals surface area contributed by atoms with Gasteiger partial charge in [0.25, 0.3) is 5.91 Å². The topological polar surface area (TPSA) is 55.3 Å². The van der Waals surface area contributed by atoms with Gasteiger partial charge in [0.2, 0.25) is 0 Å². The summed E-state index contributed by atoms with van der Waals surface area (Å²) in [5.74, 6) is 1.70. The fourth-order valence-corrected chi connectivity index (χ4v) is 2.64. The Hall–Kier alpha value is -2.43. The third kappa shape index (κ3) is 4.78. The van der Waals surface area contributed by atoms with E-state index in [0.29, 0.717) is 30.5 Å². The van der Waals surface area contributed by atoms with Crippen molar-refractivity contribution in [3.8, 4) is 5.75 Å². The van der Waals surface area contributed by atoms with E-state index in [1.54, 1.807) is 20.1 Å². The van der Waals surface area contributed by atoms with E-state index in [0.717, 1.165) is 17.0 Å². The van der Waals surface area contributed by atoms with Crippen LogP contribution in [0.3, 0.4) is 0 Å². The van der Waals surface area contributed by atoms with Crippen LogP contribution >= 0.6 is 0 Å². The average Bonchev–Trinajstić information content (AvgIpc) is 2.52. The first-order valence-corrected chi connectivity index (χ1v) is 8.13. The van der Waals surface area contributed by atoms with Crippen molar-refractivity contribution in [3.05, 3.63) is 53.1 Å². The molecular weight excluding hydrogens is 302 g/mol. The van der Waals surface area contributed by atoms with E-state index < -0.39 is 0 Å². The molecule has 1 heterocycles. The minimum absolute atomic E-state index is 0.0693. The maximum atomic E-state index is 12.9. The molecule has 0 atom stereocenters. The molecule has 0 N–H and O–H groups in total. The summed E-state index contributed by atoms with van der Waals surface area (Å²) in [5, 5.41) is 0. The van der Waals surface area contributed by atoms with E-state index >= 15 is 0 Å². The SMILES string of the molecule is COc1cccc(CN(CC(C)C)C(=O)c2cc(C)nc(C)n2)c1. The van der Waals surface area contributed by atoms with Gasteiger partial charge in [0.1, 0.15) is 17.3 Å². The van der Waals surface area contributed by atoms with Crippen LogP contribution < -0.4 is 4.74 Å². The molecule has 1 aromatic carbocycles. The molecule has 0 aliphatic carbocycles. The first-order valence-electron chi connectivity index (χ1n) is 8.13. The highest BCUT2D eigenvalue weighted by Gasteiger charge is 2.19. The van der Waals surface area contributed by atoms with Crippen molar-refractivity contribution in [3.63, 3.8) is 0 Å². The first-order chi connectivity index (χ1) is 11.4.